The van der Waals surface area contributed by atoms with Gasteiger partial charge in [-0.2, -0.15) is 0 Å². The van der Waals surface area contributed by atoms with E-state index in [0.717, 1.165) is 54.3 Å². The minimum Gasteiger partial charge on any atom is -0.408 e. The summed E-state index contributed by atoms with van der Waals surface area (Å²) in [6.07, 6.45) is 0.967. The third kappa shape index (κ3) is 6.10. The molecule has 1 aliphatic rings. The fourth-order valence-corrected chi connectivity index (χ4v) is 3.59. The van der Waals surface area contributed by atoms with E-state index in [-0.39, 0.29) is 0 Å². The number of piperazine rings is 1. The van der Waals surface area contributed by atoms with Crippen molar-refractivity contribution in [3.05, 3.63) is 57.5 Å². The highest BCUT2D eigenvalue weighted by Gasteiger charge is 2.17. The summed E-state index contributed by atoms with van der Waals surface area (Å²) >= 11 is 6.13. The van der Waals surface area contributed by atoms with Crippen molar-refractivity contribution in [1.82, 2.24) is 9.88 Å². The molecule has 3 aromatic rings. The van der Waals surface area contributed by atoms with Crippen LogP contribution in [0.3, 0.4) is 0 Å². The van der Waals surface area contributed by atoms with Gasteiger partial charge in [0.05, 0.1) is 18.7 Å². The van der Waals surface area contributed by atoms with Gasteiger partial charge in [0.25, 0.3) is 0 Å². The lowest BCUT2D eigenvalue weighted by Crippen LogP contribution is -2.46. The molecule has 2 aromatic carbocycles. The molecule has 0 amide bonds. The third-order valence-electron chi connectivity index (χ3n) is 5.11. The minimum absolute atomic E-state index is 0.418. The Balaban J connectivity index is 0.000000194. The van der Waals surface area contributed by atoms with Gasteiger partial charge in [-0.25, -0.2) is 4.79 Å². The molecule has 1 aliphatic heterocycles. The summed E-state index contributed by atoms with van der Waals surface area (Å²) in [7, 11) is 3.48. The summed E-state index contributed by atoms with van der Waals surface area (Å²) in [6, 6.07) is 11.5. The highest BCUT2D eigenvalue weighted by atomic mass is 35.5. The van der Waals surface area contributed by atoms with E-state index < -0.39 is 5.76 Å². The second kappa shape index (κ2) is 11.0. The van der Waals surface area contributed by atoms with Crippen molar-refractivity contribution in [2.45, 2.75) is 6.61 Å². The second-order valence-corrected chi connectivity index (χ2v) is 7.55. The van der Waals surface area contributed by atoms with Gasteiger partial charge in [0.15, 0.2) is 5.58 Å². The lowest BCUT2D eigenvalue weighted by molar-refractivity contribution is -0.108. The van der Waals surface area contributed by atoms with Crippen LogP contribution in [0, 0.1) is 0 Å². The Morgan fingerprint density at radius 1 is 1.19 bits per heavy atom. The van der Waals surface area contributed by atoms with Crippen LogP contribution in [-0.4, -0.2) is 63.1 Å². The molecule has 0 saturated carbocycles. The van der Waals surface area contributed by atoms with Crippen molar-refractivity contribution >= 4 is 40.4 Å². The number of hydrogen-bond donors (Lipinski definition) is 2. The van der Waals surface area contributed by atoms with Gasteiger partial charge < -0.3 is 24.2 Å². The first-order valence-corrected chi connectivity index (χ1v) is 10.4. The number of aromatic amines is 1. The van der Waals surface area contributed by atoms with Gasteiger partial charge in [0.2, 0.25) is 0 Å². The molecule has 4 rings (SSSR count). The number of nitrogens with zero attached hydrogens (tertiary/aromatic N) is 2. The monoisotopic (exact) mass is 446 g/mol. The van der Waals surface area contributed by atoms with Crippen LogP contribution in [0.5, 0.6) is 0 Å². The Morgan fingerprint density at radius 2 is 1.97 bits per heavy atom. The summed E-state index contributed by atoms with van der Waals surface area (Å²) in [4.78, 5) is 28.3. The lowest BCUT2D eigenvalue weighted by atomic mass is 10.1. The molecule has 0 aliphatic carbocycles. The normalized spacial score (nSPS) is 14.2. The number of aromatic nitrogens is 1. The molecule has 31 heavy (non-hydrogen) atoms. The number of anilines is 2. The van der Waals surface area contributed by atoms with Crippen molar-refractivity contribution < 1.29 is 13.9 Å². The van der Waals surface area contributed by atoms with Gasteiger partial charge in [-0.1, -0.05) is 11.6 Å². The fourth-order valence-electron chi connectivity index (χ4n) is 3.42. The smallest absolute Gasteiger partial charge is 0.408 e. The van der Waals surface area contributed by atoms with Gasteiger partial charge >= 0.3 is 5.76 Å². The number of halogens is 1. The van der Waals surface area contributed by atoms with Crippen LogP contribution in [0.25, 0.3) is 11.1 Å². The third-order valence-corrected chi connectivity index (χ3v) is 5.48. The summed E-state index contributed by atoms with van der Waals surface area (Å²) in [5, 5.41) is 3.69. The number of fused-ring (bicyclic) bond motifs is 1. The van der Waals surface area contributed by atoms with Crippen molar-refractivity contribution in [2.24, 2.45) is 0 Å². The fraction of sp³-hybridized carbons (Fsp3) is 0.364. The van der Waals surface area contributed by atoms with E-state index >= 15 is 0 Å². The number of ether oxygens (including phenoxy) is 1. The zero-order valence-corrected chi connectivity index (χ0v) is 18.4. The van der Waals surface area contributed by atoms with E-state index in [4.69, 9.17) is 20.8 Å². The number of nitrogens with one attached hydrogen (secondary N) is 2. The quantitative estimate of drug-likeness (QED) is 0.562. The van der Waals surface area contributed by atoms with Crippen LogP contribution in [0.2, 0.25) is 5.02 Å². The van der Waals surface area contributed by atoms with Gasteiger partial charge in [-0.05, 0) is 35.9 Å². The molecule has 166 valence electrons. The van der Waals surface area contributed by atoms with Gasteiger partial charge in [-0.15, -0.1) is 0 Å². The highest BCUT2D eigenvalue weighted by Crippen LogP contribution is 2.24. The molecule has 0 bridgehead atoms. The van der Waals surface area contributed by atoms with E-state index in [1.165, 1.54) is 5.69 Å². The molecule has 0 atom stereocenters. The maximum atomic E-state index is 10.7. The topological polar surface area (TPSA) is 90.8 Å². The summed E-state index contributed by atoms with van der Waals surface area (Å²) < 4.78 is 10.0. The van der Waals surface area contributed by atoms with Crippen molar-refractivity contribution in [3.63, 3.8) is 0 Å². The standard InChI is InChI=1S/C14H19ClN2O2.C8H8N2O2/c1-19-11-12-10-13(2-3-14(12)15)17-6-4-16(5-7-17)8-9-18;1-9-5-2-3-6-7(4-5)12-8(11)10-6/h2-3,9-10H,4-8,11H2,1H3;2-4,9H,1H3,(H,10,11). The number of benzene rings is 2. The number of oxazole rings is 1. The van der Waals surface area contributed by atoms with E-state index in [9.17, 15) is 9.59 Å². The molecule has 1 aromatic heterocycles. The number of H-pyrrole nitrogens is 1. The zero-order valence-electron chi connectivity index (χ0n) is 17.7. The molecule has 0 radical (unpaired) electrons. The predicted octanol–water partition coefficient (Wildman–Crippen LogP) is 2.97. The highest BCUT2D eigenvalue weighted by molar-refractivity contribution is 6.31. The van der Waals surface area contributed by atoms with E-state index in [2.05, 4.69) is 26.2 Å². The van der Waals surface area contributed by atoms with Crippen LogP contribution in [-0.2, 0) is 16.1 Å². The first-order chi connectivity index (χ1) is 15.0. The maximum absolute atomic E-state index is 10.7. The minimum atomic E-state index is -0.418. The summed E-state index contributed by atoms with van der Waals surface area (Å²) in [5.41, 5.74) is 4.40. The number of carbonyl (C=O) groups excluding carboxylic acids is 1. The number of methoxy groups -OCH3 is 1. The summed E-state index contributed by atoms with van der Waals surface area (Å²) in [6.45, 7) is 4.76. The first kappa shape index (κ1) is 22.9. The van der Waals surface area contributed by atoms with E-state index in [1.807, 2.05) is 25.2 Å². The summed E-state index contributed by atoms with van der Waals surface area (Å²) in [5.74, 6) is -0.418. The number of carbonyl (C=O) groups is 1. The van der Waals surface area contributed by atoms with Gasteiger partial charge in [0.1, 0.15) is 6.29 Å². The lowest BCUT2D eigenvalue weighted by Gasteiger charge is -2.35. The average molecular weight is 447 g/mol. The van der Waals surface area contributed by atoms with Crippen molar-refractivity contribution in [1.29, 1.82) is 0 Å². The van der Waals surface area contributed by atoms with Crippen LogP contribution >= 0.6 is 11.6 Å². The number of aldehydes is 1. The van der Waals surface area contributed by atoms with Gasteiger partial charge in [0, 0.05) is 62.8 Å². The molecule has 2 N–H and O–H groups in total. The largest absolute Gasteiger partial charge is 0.417 e. The molecule has 0 unspecified atom stereocenters. The SMILES string of the molecule is CNc1ccc2[nH]c(=O)oc2c1.COCc1cc(N2CCN(CC=O)CC2)ccc1Cl. The Morgan fingerprint density at radius 3 is 2.65 bits per heavy atom. The molecular weight excluding hydrogens is 420 g/mol. The van der Waals surface area contributed by atoms with Crippen LogP contribution < -0.4 is 16.0 Å². The molecule has 0 spiro atoms. The molecule has 8 nitrogen and oxygen atoms in total. The molecule has 1 fully saturated rings. The van der Waals surface area contributed by atoms with Crippen molar-refractivity contribution in [3.8, 4) is 0 Å². The maximum Gasteiger partial charge on any atom is 0.417 e. The average Bonchev–Trinajstić information content (AvgIpc) is 3.16. The Bertz CT molecular complexity index is 1060. The Labute approximate surface area is 185 Å². The number of rotatable bonds is 6. The molecular formula is C22H27ClN4O4. The van der Waals surface area contributed by atoms with Crippen LogP contribution in [0.1, 0.15) is 5.56 Å². The van der Waals surface area contributed by atoms with Crippen LogP contribution in [0.15, 0.2) is 45.6 Å². The van der Waals surface area contributed by atoms with E-state index in [1.54, 1.807) is 19.2 Å². The second-order valence-electron chi connectivity index (χ2n) is 7.14. The first-order valence-electron chi connectivity index (χ1n) is 10.0. The molecule has 2 heterocycles. The number of hydrogen-bond acceptors (Lipinski definition) is 7. The van der Waals surface area contributed by atoms with Crippen molar-refractivity contribution in [2.75, 3.05) is 57.1 Å². The molecule has 9 heteroatoms. The Kier molecular flexibility index (Phi) is 8.11. The van der Waals surface area contributed by atoms with E-state index in [0.29, 0.717) is 18.7 Å². The molecule has 1 saturated heterocycles. The zero-order chi connectivity index (χ0) is 22.2. The predicted molar refractivity (Wildman–Crippen MR) is 123 cm³/mol. The Hall–Kier alpha value is -2.81. The van der Waals surface area contributed by atoms with Crippen LogP contribution in [0.4, 0.5) is 11.4 Å². The van der Waals surface area contributed by atoms with Gasteiger partial charge in [-0.3, -0.25) is 9.88 Å².